The summed E-state index contributed by atoms with van der Waals surface area (Å²) in [4.78, 5) is 45.9. The molecular weight excluding hydrogens is 390 g/mol. The summed E-state index contributed by atoms with van der Waals surface area (Å²) in [5.41, 5.74) is 1.37. The second kappa shape index (κ2) is 9.46. The molecule has 3 rings (SSSR count). The average Bonchev–Trinajstić information content (AvgIpc) is 3.55. The first-order valence-corrected chi connectivity index (χ1v) is 9.21. The van der Waals surface area contributed by atoms with Crippen LogP contribution in [0.3, 0.4) is 0 Å². The van der Waals surface area contributed by atoms with Crippen molar-refractivity contribution in [2.75, 3.05) is 11.9 Å². The SMILES string of the molecule is O=C(COC(=O)/C=C/c1ccc([N+](=O)[O-])cc1)Nc1cccc(C(=O)NC2CC2)c1. The van der Waals surface area contributed by atoms with E-state index in [2.05, 4.69) is 10.6 Å². The first-order valence-electron chi connectivity index (χ1n) is 9.21. The molecule has 2 amide bonds. The van der Waals surface area contributed by atoms with Gasteiger partial charge in [-0.05, 0) is 54.8 Å². The zero-order valence-corrected chi connectivity index (χ0v) is 15.9. The number of rotatable bonds is 8. The molecule has 30 heavy (non-hydrogen) atoms. The van der Waals surface area contributed by atoms with Gasteiger partial charge in [-0.3, -0.25) is 19.7 Å². The van der Waals surface area contributed by atoms with Gasteiger partial charge >= 0.3 is 5.97 Å². The fraction of sp³-hybridized carbons (Fsp3) is 0.190. The molecule has 9 nitrogen and oxygen atoms in total. The Labute approximate surface area is 171 Å². The second-order valence-corrected chi connectivity index (χ2v) is 6.67. The molecule has 1 aliphatic carbocycles. The molecule has 2 aromatic rings. The van der Waals surface area contributed by atoms with Crippen LogP contribution in [0, 0.1) is 10.1 Å². The summed E-state index contributed by atoms with van der Waals surface area (Å²) in [6, 6.07) is 12.3. The molecule has 0 bridgehead atoms. The highest BCUT2D eigenvalue weighted by atomic mass is 16.6. The highest BCUT2D eigenvalue weighted by molar-refractivity contribution is 5.98. The van der Waals surface area contributed by atoms with Gasteiger partial charge < -0.3 is 15.4 Å². The molecule has 0 atom stereocenters. The smallest absolute Gasteiger partial charge is 0.331 e. The first-order chi connectivity index (χ1) is 14.4. The van der Waals surface area contributed by atoms with Crippen LogP contribution in [-0.2, 0) is 14.3 Å². The van der Waals surface area contributed by atoms with E-state index in [9.17, 15) is 24.5 Å². The Bertz CT molecular complexity index is 996. The van der Waals surface area contributed by atoms with Crippen LogP contribution in [0.25, 0.3) is 6.08 Å². The molecule has 1 aliphatic rings. The zero-order valence-electron chi connectivity index (χ0n) is 15.9. The monoisotopic (exact) mass is 409 g/mol. The number of nitro groups is 1. The highest BCUT2D eigenvalue weighted by Gasteiger charge is 2.23. The van der Waals surface area contributed by atoms with Crippen molar-refractivity contribution in [3.05, 3.63) is 75.8 Å². The van der Waals surface area contributed by atoms with Crippen molar-refractivity contribution >= 4 is 35.2 Å². The topological polar surface area (TPSA) is 128 Å². The number of hydrogen-bond donors (Lipinski definition) is 2. The van der Waals surface area contributed by atoms with Gasteiger partial charge in [0.1, 0.15) is 0 Å². The lowest BCUT2D eigenvalue weighted by molar-refractivity contribution is -0.384. The van der Waals surface area contributed by atoms with Crippen LogP contribution >= 0.6 is 0 Å². The number of carbonyl (C=O) groups excluding carboxylic acids is 3. The van der Waals surface area contributed by atoms with Gasteiger partial charge in [-0.25, -0.2) is 4.79 Å². The van der Waals surface area contributed by atoms with Gasteiger partial charge in [-0.2, -0.15) is 0 Å². The first kappa shape index (κ1) is 20.7. The molecule has 0 heterocycles. The Morgan fingerprint density at radius 3 is 2.53 bits per heavy atom. The molecule has 0 unspecified atom stereocenters. The Balaban J connectivity index is 1.46. The molecular formula is C21H19N3O6. The Morgan fingerprint density at radius 2 is 1.87 bits per heavy atom. The van der Waals surface area contributed by atoms with Crippen molar-refractivity contribution in [2.24, 2.45) is 0 Å². The van der Waals surface area contributed by atoms with E-state index in [4.69, 9.17) is 4.74 Å². The van der Waals surface area contributed by atoms with Crippen molar-refractivity contribution in [3.63, 3.8) is 0 Å². The van der Waals surface area contributed by atoms with E-state index >= 15 is 0 Å². The lowest BCUT2D eigenvalue weighted by Gasteiger charge is -2.08. The molecule has 0 radical (unpaired) electrons. The van der Waals surface area contributed by atoms with E-state index in [1.165, 1.54) is 30.3 Å². The summed E-state index contributed by atoms with van der Waals surface area (Å²) in [5.74, 6) is -1.48. The maximum Gasteiger partial charge on any atom is 0.331 e. The van der Waals surface area contributed by atoms with Crippen LogP contribution < -0.4 is 10.6 Å². The Hall–Kier alpha value is -4.01. The summed E-state index contributed by atoms with van der Waals surface area (Å²) >= 11 is 0. The van der Waals surface area contributed by atoms with Gasteiger partial charge in [-0.15, -0.1) is 0 Å². The van der Waals surface area contributed by atoms with Gasteiger partial charge in [0, 0.05) is 35.5 Å². The number of nitrogens with one attached hydrogen (secondary N) is 2. The van der Waals surface area contributed by atoms with Crippen molar-refractivity contribution < 1.29 is 24.0 Å². The minimum absolute atomic E-state index is 0.0551. The zero-order chi connectivity index (χ0) is 21.5. The third kappa shape index (κ3) is 6.26. The van der Waals surface area contributed by atoms with Crippen LogP contribution in [0.2, 0.25) is 0 Å². The largest absolute Gasteiger partial charge is 0.452 e. The summed E-state index contributed by atoms with van der Waals surface area (Å²) in [6.45, 7) is -0.498. The van der Waals surface area contributed by atoms with Crippen LogP contribution in [0.1, 0.15) is 28.8 Å². The third-order valence-corrected chi connectivity index (χ3v) is 4.18. The van der Waals surface area contributed by atoms with E-state index in [1.54, 1.807) is 24.3 Å². The fourth-order valence-electron chi connectivity index (χ4n) is 2.49. The Morgan fingerprint density at radius 1 is 1.13 bits per heavy atom. The molecule has 0 spiro atoms. The minimum Gasteiger partial charge on any atom is -0.452 e. The van der Waals surface area contributed by atoms with Crippen molar-refractivity contribution in [1.82, 2.24) is 5.32 Å². The van der Waals surface area contributed by atoms with Crippen LogP contribution in [-0.4, -0.2) is 35.4 Å². The molecule has 0 aromatic heterocycles. The van der Waals surface area contributed by atoms with Crippen LogP contribution in [0.4, 0.5) is 11.4 Å². The molecule has 2 N–H and O–H groups in total. The number of amides is 2. The molecule has 0 aliphatic heterocycles. The van der Waals surface area contributed by atoms with E-state index < -0.39 is 23.4 Å². The van der Waals surface area contributed by atoms with Crippen molar-refractivity contribution in [3.8, 4) is 0 Å². The number of ether oxygens (including phenoxy) is 1. The lowest BCUT2D eigenvalue weighted by atomic mass is 10.2. The summed E-state index contributed by atoms with van der Waals surface area (Å²) < 4.78 is 4.87. The van der Waals surface area contributed by atoms with Gasteiger partial charge in [-0.1, -0.05) is 6.07 Å². The summed E-state index contributed by atoms with van der Waals surface area (Å²) in [7, 11) is 0. The number of esters is 1. The highest BCUT2D eigenvalue weighted by Crippen LogP contribution is 2.20. The normalized spacial score (nSPS) is 12.9. The molecule has 1 fully saturated rings. The molecule has 1 saturated carbocycles. The van der Waals surface area contributed by atoms with Crippen LogP contribution in [0.15, 0.2) is 54.6 Å². The van der Waals surface area contributed by atoms with E-state index in [-0.39, 0.29) is 17.6 Å². The number of hydrogen-bond acceptors (Lipinski definition) is 6. The summed E-state index contributed by atoms with van der Waals surface area (Å²) in [5, 5.41) is 16.0. The summed E-state index contributed by atoms with van der Waals surface area (Å²) in [6.07, 6.45) is 4.50. The fourth-order valence-corrected chi connectivity index (χ4v) is 2.49. The number of benzene rings is 2. The van der Waals surface area contributed by atoms with Gasteiger partial charge in [0.05, 0.1) is 4.92 Å². The maximum atomic E-state index is 12.1. The average molecular weight is 409 g/mol. The predicted octanol–water partition coefficient (Wildman–Crippen LogP) is 2.68. The van der Waals surface area contributed by atoms with Crippen molar-refractivity contribution in [2.45, 2.75) is 18.9 Å². The van der Waals surface area contributed by atoms with Crippen LogP contribution in [0.5, 0.6) is 0 Å². The number of non-ortho nitro benzene ring substituents is 1. The Kier molecular flexibility index (Phi) is 6.53. The van der Waals surface area contributed by atoms with E-state index in [0.29, 0.717) is 16.8 Å². The van der Waals surface area contributed by atoms with Crippen molar-refractivity contribution in [1.29, 1.82) is 0 Å². The van der Waals surface area contributed by atoms with E-state index in [1.807, 2.05) is 0 Å². The van der Waals surface area contributed by atoms with Gasteiger partial charge in [0.2, 0.25) is 0 Å². The quantitative estimate of drug-likeness (QED) is 0.299. The maximum absolute atomic E-state index is 12.1. The predicted molar refractivity (Wildman–Crippen MR) is 109 cm³/mol. The minimum atomic E-state index is -0.735. The molecule has 0 saturated heterocycles. The molecule has 9 heteroatoms. The standard InChI is InChI=1S/C21H19N3O6/c25-19(22-17-3-1-2-15(12-17)21(27)23-16-7-8-16)13-30-20(26)11-6-14-4-9-18(10-5-14)24(28)29/h1-6,9-12,16H,7-8,13H2,(H,22,25)(H,23,27)/b11-6+. The number of anilines is 1. The molecule has 154 valence electrons. The third-order valence-electron chi connectivity index (χ3n) is 4.18. The number of nitrogens with zero attached hydrogens (tertiary/aromatic N) is 1. The number of carbonyl (C=O) groups is 3. The van der Waals surface area contributed by atoms with E-state index in [0.717, 1.165) is 18.9 Å². The lowest BCUT2D eigenvalue weighted by Crippen LogP contribution is -2.25. The molecule has 2 aromatic carbocycles. The van der Waals surface area contributed by atoms with Gasteiger partial charge in [0.15, 0.2) is 6.61 Å². The number of nitro benzene ring substituents is 1. The second-order valence-electron chi connectivity index (χ2n) is 6.67. The van der Waals surface area contributed by atoms with Gasteiger partial charge in [0.25, 0.3) is 17.5 Å².